The summed E-state index contributed by atoms with van der Waals surface area (Å²) in [5.41, 5.74) is 3.11. The Hall–Kier alpha value is -2.95. The van der Waals surface area contributed by atoms with E-state index in [9.17, 15) is 9.90 Å². The van der Waals surface area contributed by atoms with E-state index in [1.807, 2.05) is 24.3 Å². The van der Waals surface area contributed by atoms with Crippen LogP contribution >= 0.6 is 0 Å². The van der Waals surface area contributed by atoms with Crippen molar-refractivity contribution in [2.24, 2.45) is 0 Å². The molecule has 4 rings (SSSR count). The van der Waals surface area contributed by atoms with Crippen LogP contribution in [-0.2, 0) is 6.54 Å². The van der Waals surface area contributed by atoms with E-state index >= 15 is 0 Å². The lowest BCUT2D eigenvalue weighted by Gasteiger charge is -2.18. The fourth-order valence-electron chi connectivity index (χ4n) is 4.45. The summed E-state index contributed by atoms with van der Waals surface area (Å²) in [4.78, 5) is 16.5. The lowest BCUT2D eigenvalue weighted by Crippen LogP contribution is -2.10. The Kier molecular flexibility index (Phi) is 6.50. The average Bonchev–Trinajstić information content (AvgIpc) is 3.23. The summed E-state index contributed by atoms with van der Waals surface area (Å²) in [7, 11) is 0. The summed E-state index contributed by atoms with van der Waals surface area (Å²) < 4.78 is 2.08. The number of carboxylic acid groups (broad SMARTS) is 1. The van der Waals surface area contributed by atoms with Gasteiger partial charge in [0.2, 0.25) is 0 Å². The van der Waals surface area contributed by atoms with Crippen LogP contribution in [0.5, 0.6) is 0 Å². The molecule has 1 fully saturated rings. The summed E-state index contributed by atoms with van der Waals surface area (Å²) in [6.07, 6.45) is 7.30. The molecule has 0 bridgehead atoms. The number of aromatic carboxylic acids is 1. The van der Waals surface area contributed by atoms with Gasteiger partial charge in [-0.05, 0) is 42.0 Å². The number of hydrogen-bond acceptors (Lipinski definition) is 3. The standard InChI is InChI=1S/C26H31N3O2/c1-3-18(2)25-27-24(21-9-5-4-6-10-21)28-29(25)17-19-13-15-20(16-14-19)22-11-7-8-12-23(22)26(30)31/h7-8,11-16,18,21H,3-6,9-10,17H2,1-2H3,(H,30,31). The highest BCUT2D eigenvalue weighted by molar-refractivity contribution is 5.95. The Morgan fingerprint density at radius 1 is 1.10 bits per heavy atom. The van der Waals surface area contributed by atoms with Gasteiger partial charge in [-0.3, -0.25) is 0 Å². The van der Waals surface area contributed by atoms with Crippen LogP contribution in [0.4, 0.5) is 0 Å². The first-order valence-electron chi connectivity index (χ1n) is 11.4. The van der Waals surface area contributed by atoms with E-state index in [0.29, 0.717) is 23.9 Å². The largest absolute Gasteiger partial charge is 0.478 e. The molecule has 3 aromatic rings. The van der Waals surface area contributed by atoms with Crippen molar-refractivity contribution in [1.29, 1.82) is 0 Å². The zero-order valence-electron chi connectivity index (χ0n) is 18.4. The molecule has 1 unspecified atom stereocenters. The van der Waals surface area contributed by atoms with E-state index in [4.69, 9.17) is 10.1 Å². The van der Waals surface area contributed by atoms with Crippen molar-refractivity contribution in [3.05, 3.63) is 71.3 Å². The van der Waals surface area contributed by atoms with Gasteiger partial charge in [0.05, 0.1) is 12.1 Å². The Bertz CT molecular complexity index is 1030. The van der Waals surface area contributed by atoms with Gasteiger partial charge in [0, 0.05) is 11.8 Å². The van der Waals surface area contributed by atoms with Gasteiger partial charge < -0.3 is 5.11 Å². The quantitative estimate of drug-likeness (QED) is 0.493. The van der Waals surface area contributed by atoms with Gasteiger partial charge in [-0.1, -0.05) is 75.6 Å². The van der Waals surface area contributed by atoms with Gasteiger partial charge in [0.15, 0.2) is 5.82 Å². The fourth-order valence-corrected chi connectivity index (χ4v) is 4.45. The monoisotopic (exact) mass is 417 g/mol. The van der Waals surface area contributed by atoms with Gasteiger partial charge in [-0.25, -0.2) is 14.5 Å². The number of carbonyl (C=O) groups is 1. The molecule has 1 saturated carbocycles. The number of aromatic nitrogens is 3. The lowest BCUT2D eigenvalue weighted by molar-refractivity contribution is 0.0697. The molecule has 1 N–H and O–H groups in total. The van der Waals surface area contributed by atoms with E-state index in [-0.39, 0.29) is 0 Å². The number of carboxylic acids is 1. The van der Waals surface area contributed by atoms with Crippen molar-refractivity contribution in [1.82, 2.24) is 14.8 Å². The predicted octanol–water partition coefficient (Wildman–Crippen LogP) is 6.25. The molecule has 2 aromatic carbocycles. The third kappa shape index (κ3) is 4.71. The maximum Gasteiger partial charge on any atom is 0.336 e. The predicted molar refractivity (Wildman–Crippen MR) is 122 cm³/mol. The minimum Gasteiger partial charge on any atom is -0.478 e. The summed E-state index contributed by atoms with van der Waals surface area (Å²) in [6.45, 7) is 5.09. The molecule has 5 heteroatoms. The van der Waals surface area contributed by atoms with E-state index in [2.05, 4.69) is 30.7 Å². The number of hydrogen-bond donors (Lipinski definition) is 1. The molecule has 0 aliphatic heterocycles. The first-order chi connectivity index (χ1) is 15.1. The van der Waals surface area contributed by atoms with Gasteiger partial charge >= 0.3 is 5.97 Å². The second-order valence-electron chi connectivity index (χ2n) is 8.68. The van der Waals surface area contributed by atoms with Crippen molar-refractivity contribution in [2.75, 3.05) is 0 Å². The summed E-state index contributed by atoms with van der Waals surface area (Å²) in [6, 6.07) is 15.3. The van der Waals surface area contributed by atoms with Crippen molar-refractivity contribution in [2.45, 2.75) is 70.8 Å². The maximum absolute atomic E-state index is 11.5. The van der Waals surface area contributed by atoms with Crippen molar-refractivity contribution in [3.63, 3.8) is 0 Å². The minimum atomic E-state index is -0.907. The van der Waals surface area contributed by atoms with Crippen molar-refractivity contribution in [3.8, 4) is 11.1 Å². The Morgan fingerprint density at radius 3 is 2.48 bits per heavy atom. The van der Waals surface area contributed by atoms with Gasteiger partial charge in [-0.2, -0.15) is 5.10 Å². The molecule has 1 atom stereocenters. The minimum absolute atomic E-state index is 0.322. The third-order valence-electron chi connectivity index (χ3n) is 6.49. The summed E-state index contributed by atoms with van der Waals surface area (Å²) in [5, 5.41) is 14.4. The van der Waals surface area contributed by atoms with E-state index in [1.54, 1.807) is 12.1 Å². The fraction of sp³-hybridized carbons (Fsp3) is 0.423. The normalized spacial score (nSPS) is 15.7. The smallest absolute Gasteiger partial charge is 0.336 e. The van der Waals surface area contributed by atoms with Crippen LogP contribution in [0.1, 0.15) is 91.8 Å². The Labute approximate surface area is 184 Å². The molecule has 1 heterocycles. The van der Waals surface area contributed by atoms with Crippen molar-refractivity contribution < 1.29 is 9.90 Å². The molecule has 1 aliphatic carbocycles. The van der Waals surface area contributed by atoms with Crippen LogP contribution in [0.15, 0.2) is 48.5 Å². The molecule has 0 saturated heterocycles. The maximum atomic E-state index is 11.5. The van der Waals surface area contributed by atoms with Gasteiger partial charge in [0.25, 0.3) is 0 Å². The van der Waals surface area contributed by atoms with Crippen molar-refractivity contribution >= 4 is 5.97 Å². The van der Waals surface area contributed by atoms with Crippen LogP contribution in [0.3, 0.4) is 0 Å². The molecule has 1 aliphatic rings. The van der Waals surface area contributed by atoms with Gasteiger partial charge in [-0.15, -0.1) is 0 Å². The van der Waals surface area contributed by atoms with Crippen LogP contribution in [0.2, 0.25) is 0 Å². The molecule has 0 amide bonds. The van der Waals surface area contributed by atoms with Crippen LogP contribution in [-0.4, -0.2) is 25.8 Å². The van der Waals surface area contributed by atoms with Crippen LogP contribution in [0.25, 0.3) is 11.1 Å². The Balaban J connectivity index is 1.59. The molecule has 0 radical (unpaired) electrons. The molecule has 31 heavy (non-hydrogen) atoms. The molecule has 1 aromatic heterocycles. The first-order valence-corrected chi connectivity index (χ1v) is 11.4. The second-order valence-corrected chi connectivity index (χ2v) is 8.68. The molecule has 0 spiro atoms. The zero-order valence-corrected chi connectivity index (χ0v) is 18.4. The number of benzene rings is 2. The number of rotatable bonds is 7. The van der Waals surface area contributed by atoms with Crippen LogP contribution < -0.4 is 0 Å². The summed E-state index contributed by atoms with van der Waals surface area (Å²) >= 11 is 0. The SMILES string of the molecule is CCC(C)c1nc(C2CCCCC2)nn1Cc1ccc(-c2ccccc2C(=O)O)cc1. The molecule has 5 nitrogen and oxygen atoms in total. The van der Waals surface area contributed by atoms with Gasteiger partial charge in [0.1, 0.15) is 5.82 Å². The third-order valence-corrected chi connectivity index (χ3v) is 6.49. The van der Waals surface area contributed by atoms with E-state index in [0.717, 1.165) is 34.8 Å². The van der Waals surface area contributed by atoms with Crippen LogP contribution in [0, 0.1) is 0 Å². The highest BCUT2D eigenvalue weighted by Gasteiger charge is 2.23. The van der Waals surface area contributed by atoms with E-state index in [1.165, 1.54) is 32.1 Å². The first kappa shape index (κ1) is 21.3. The highest BCUT2D eigenvalue weighted by atomic mass is 16.4. The zero-order chi connectivity index (χ0) is 21.8. The molecule has 162 valence electrons. The topological polar surface area (TPSA) is 68.0 Å². The lowest BCUT2D eigenvalue weighted by atomic mass is 9.89. The molecular weight excluding hydrogens is 386 g/mol. The second kappa shape index (κ2) is 9.46. The Morgan fingerprint density at radius 2 is 1.81 bits per heavy atom. The molecular formula is C26H31N3O2. The highest BCUT2D eigenvalue weighted by Crippen LogP contribution is 2.32. The summed E-state index contributed by atoms with van der Waals surface area (Å²) in [5.74, 6) is 2.04. The number of nitrogens with zero attached hydrogens (tertiary/aromatic N) is 3. The van der Waals surface area contributed by atoms with E-state index < -0.39 is 5.97 Å². The average molecular weight is 418 g/mol.